The Hall–Kier alpha value is -1.32. The number of hydrogen-bond acceptors (Lipinski definition) is 1. The number of rotatable bonds is 3. The first kappa shape index (κ1) is 17.0. The van der Waals surface area contributed by atoms with Crippen molar-refractivity contribution in [3.05, 3.63) is 30.3 Å². The molecule has 1 fully saturated rings. The van der Waals surface area contributed by atoms with E-state index in [9.17, 15) is 4.79 Å². The number of β-lactam (4-membered cyclic amide) rings is 1. The van der Waals surface area contributed by atoms with E-state index >= 15 is 0 Å². The van der Waals surface area contributed by atoms with Crippen molar-refractivity contribution in [1.82, 2.24) is 5.32 Å². The van der Waals surface area contributed by atoms with Crippen LogP contribution < -0.4 is 10.5 Å². The molecular formula is C18H27NOSi2. The van der Waals surface area contributed by atoms with E-state index in [2.05, 4.69) is 86.8 Å². The van der Waals surface area contributed by atoms with E-state index in [1.165, 1.54) is 5.19 Å². The van der Waals surface area contributed by atoms with Gasteiger partial charge in [-0.05, 0) is 5.54 Å². The summed E-state index contributed by atoms with van der Waals surface area (Å²) in [6, 6.07) is 10.7. The average molecular weight is 330 g/mol. The normalized spacial score (nSPS) is 22.9. The Kier molecular flexibility index (Phi) is 4.69. The minimum atomic E-state index is -1.69. The lowest BCUT2D eigenvalue weighted by molar-refractivity contribution is -0.133. The van der Waals surface area contributed by atoms with Crippen LogP contribution >= 0.6 is 0 Å². The van der Waals surface area contributed by atoms with Crippen LogP contribution in [0.3, 0.4) is 0 Å². The number of benzene rings is 1. The zero-order valence-electron chi connectivity index (χ0n) is 14.5. The van der Waals surface area contributed by atoms with Crippen molar-refractivity contribution in [3.63, 3.8) is 0 Å². The summed E-state index contributed by atoms with van der Waals surface area (Å²) in [5, 5.41) is 4.42. The standard InChI is InChI=1S/C18H27NOSi2/c1-14(22(5,6)15-10-8-7-9-11-15)17-16(19-18(17)20)12-13-21(2,3)4/h7-11,14,16-17H,1-6H3,(H,19,20)/t14-,16-,17+/m0/s1. The highest BCUT2D eigenvalue weighted by Gasteiger charge is 2.48. The monoisotopic (exact) mass is 329 g/mol. The molecule has 2 nitrogen and oxygen atoms in total. The number of nitrogens with one attached hydrogen (secondary N) is 1. The Morgan fingerprint density at radius 2 is 1.68 bits per heavy atom. The Labute approximate surface area is 136 Å². The highest BCUT2D eigenvalue weighted by molar-refractivity contribution is 6.91. The zero-order valence-corrected chi connectivity index (χ0v) is 16.5. The summed E-state index contributed by atoms with van der Waals surface area (Å²) in [5.74, 6) is 3.57. The van der Waals surface area contributed by atoms with Crippen molar-refractivity contribution < 1.29 is 4.79 Å². The third-order valence-corrected chi connectivity index (χ3v) is 10.1. The van der Waals surface area contributed by atoms with E-state index < -0.39 is 16.1 Å². The van der Waals surface area contributed by atoms with Crippen LogP contribution in [0.5, 0.6) is 0 Å². The largest absolute Gasteiger partial charge is 0.341 e. The lowest BCUT2D eigenvalue weighted by atomic mass is 9.88. The van der Waals surface area contributed by atoms with Crippen molar-refractivity contribution in [3.8, 4) is 11.5 Å². The molecular weight excluding hydrogens is 302 g/mol. The molecule has 1 heterocycles. The Morgan fingerprint density at radius 3 is 2.18 bits per heavy atom. The van der Waals surface area contributed by atoms with Gasteiger partial charge in [-0.15, -0.1) is 5.54 Å². The van der Waals surface area contributed by atoms with E-state index in [0.29, 0.717) is 5.54 Å². The van der Waals surface area contributed by atoms with E-state index in [-0.39, 0.29) is 17.9 Å². The van der Waals surface area contributed by atoms with Crippen LogP contribution in [0.4, 0.5) is 0 Å². The van der Waals surface area contributed by atoms with Crippen molar-refractivity contribution in [2.45, 2.75) is 51.2 Å². The van der Waals surface area contributed by atoms with Crippen LogP contribution in [0.2, 0.25) is 38.3 Å². The molecule has 0 radical (unpaired) electrons. The topological polar surface area (TPSA) is 29.1 Å². The number of amides is 1. The highest BCUT2D eigenvalue weighted by Crippen LogP contribution is 2.36. The van der Waals surface area contributed by atoms with Crippen molar-refractivity contribution in [1.29, 1.82) is 0 Å². The summed E-state index contributed by atoms with van der Waals surface area (Å²) in [4.78, 5) is 12.1. The van der Waals surface area contributed by atoms with E-state index in [1.807, 2.05) is 0 Å². The second kappa shape index (κ2) is 6.06. The maximum atomic E-state index is 12.1. The van der Waals surface area contributed by atoms with Crippen LogP contribution in [-0.4, -0.2) is 28.1 Å². The molecule has 0 spiro atoms. The van der Waals surface area contributed by atoms with Crippen LogP contribution in [-0.2, 0) is 4.79 Å². The van der Waals surface area contributed by atoms with E-state index in [4.69, 9.17) is 0 Å². The number of hydrogen-bond donors (Lipinski definition) is 1. The third kappa shape index (κ3) is 3.53. The smallest absolute Gasteiger partial charge is 0.227 e. The van der Waals surface area contributed by atoms with Crippen molar-refractivity contribution >= 4 is 27.2 Å². The van der Waals surface area contributed by atoms with Gasteiger partial charge in [0.25, 0.3) is 0 Å². The molecule has 1 aliphatic heterocycles. The van der Waals surface area contributed by atoms with E-state index in [0.717, 1.165) is 0 Å². The van der Waals surface area contributed by atoms with Gasteiger partial charge in [0.1, 0.15) is 14.1 Å². The van der Waals surface area contributed by atoms with Gasteiger partial charge in [0.2, 0.25) is 5.91 Å². The van der Waals surface area contributed by atoms with Crippen LogP contribution in [0.25, 0.3) is 0 Å². The molecule has 1 saturated heterocycles. The van der Waals surface area contributed by atoms with Gasteiger partial charge in [-0.25, -0.2) is 0 Å². The molecule has 2 rings (SSSR count). The first-order chi connectivity index (χ1) is 10.1. The van der Waals surface area contributed by atoms with Gasteiger partial charge in [-0.1, -0.05) is 81.1 Å². The second-order valence-electron chi connectivity index (χ2n) is 7.91. The summed E-state index contributed by atoms with van der Waals surface area (Å²) in [6.45, 7) is 13.7. The first-order valence-electron chi connectivity index (χ1n) is 8.01. The van der Waals surface area contributed by atoms with Crippen LogP contribution in [0.15, 0.2) is 30.3 Å². The predicted octanol–water partition coefficient (Wildman–Crippen LogP) is 2.99. The Balaban J connectivity index is 2.21. The molecule has 1 aromatic carbocycles. The van der Waals surface area contributed by atoms with Crippen LogP contribution in [0, 0.1) is 17.4 Å². The molecule has 22 heavy (non-hydrogen) atoms. The lowest BCUT2D eigenvalue weighted by Gasteiger charge is -2.43. The van der Waals surface area contributed by atoms with Gasteiger partial charge >= 0.3 is 0 Å². The molecule has 0 unspecified atom stereocenters. The summed E-state index contributed by atoms with van der Waals surface area (Å²) in [7, 11) is -3.09. The predicted molar refractivity (Wildman–Crippen MR) is 99.5 cm³/mol. The summed E-state index contributed by atoms with van der Waals surface area (Å²) < 4.78 is 0. The molecule has 1 aromatic rings. The second-order valence-corrected chi connectivity index (χ2v) is 17.6. The fraction of sp³-hybridized carbons (Fsp3) is 0.500. The summed E-state index contributed by atoms with van der Waals surface area (Å²) in [5.41, 5.74) is 3.79. The minimum Gasteiger partial charge on any atom is -0.341 e. The third-order valence-electron chi connectivity index (χ3n) is 4.76. The fourth-order valence-corrected chi connectivity index (χ4v) is 6.32. The minimum absolute atomic E-state index is 0.0460. The molecule has 3 atom stereocenters. The maximum absolute atomic E-state index is 12.1. The van der Waals surface area contributed by atoms with Crippen molar-refractivity contribution in [2.24, 2.45) is 5.92 Å². The SMILES string of the molecule is C[C@@H]([C@H]1C(=O)N[C@H]1C#C[Si](C)(C)C)[Si](C)(C)c1ccccc1. The number of carbonyl (C=O) groups excluding carboxylic acids is 1. The van der Waals surface area contributed by atoms with E-state index in [1.54, 1.807) is 0 Å². The van der Waals surface area contributed by atoms with Gasteiger partial charge in [0.05, 0.1) is 14.0 Å². The molecule has 0 aliphatic carbocycles. The highest BCUT2D eigenvalue weighted by atomic mass is 28.3. The van der Waals surface area contributed by atoms with Gasteiger partial charge in [-0.3, -0.25) is 4.79 Å². The molecule has 0 saturated carbocycles. The Bertz CT molecular complexity index is 607. The maximum Gasteiger partial charge on any atom is 0.227 e. The first-order valence-corrected chi connectivity index (χ1v) is 14.6. The quantitative estimate of drug-likeness (QED) is 0.515. The van der Waals surface area contributed by atoms with Gasteiger partial charge < -0.3 is 5.32 Å². The lowest BCUT2D eigenvalue weighted by Crippen LogP contribution is -2.63. The summed E-state index contributed by atoms with van der Waals surface area (Å²) in [6.07, 6.45) is 0. The summed E-state index contributed by atoms with van der Waals surface area (Å²) >= 11 is 0. The van der Waals surface area contributed by atoms with Gasteiger partial charge in [0, 0.05) is 0 Å². The van der Waals surface area contributed by atoms with Gasteiger partial charge in [-0.2, -0.15) is 0 Å². The fourth-order valence-electron chi connectivity index (χ4n) is 2.91. The average Bonchev–Trinajstić information content (AvgIpc) is 2.43. The molecule has 1 N–H and O–H groups in total. The molecule has 118 valence electrons. The molecule has 4 heteroatoms. The van der Waals surface area contributed by atoms with Gasteiger partial charge in [0.15, 0.2) is 0 Å². The molecule has 1 amide bonds. The Morgan fingerprint density at radius 1 is 1.09 bits per heavy atom. The molecule has 1 aliphatic rings. The molecule has 0 bridgehead atoms. The van der Waals surface area contributed by atoms with Crippen LogP contribution in [0.1, 0.15) is 6.92 Å². The number of carbonyl (C=O) groups is 1. The zero-order chi connectivity index (χ0) is 16.5. The molecule has 0 aromatic heterocycles. The van der Waals surface area contributed by atoms with Crippen molar-refractivity contribution in [2.75, 3.05) is 0 Å².